The molecule has 0 bridgehead atoms. The first-order chi connectivity index (χ1) is 18.9. The maximum absolute atomic E-state index is 13.0. The number of hydrogen-bond acceptors (Lipinski definition) is 6. The molecule has 0 spiro atoms. The maximum atomic E-state index is 13.0. The van der Waals surface area contributed by atoms with Crippen LogP contribution in [0.4, 0.5) is 32.3 Å². The zero-order valence-electron chi connectivity index (χ0n) is 20.5. The number of pyridine rings is 3. The van der Waals surface area contributed by atoms with E-state index in [2.05, 4.69) is 25.3 Å². The Morgan fingerprint density at radius 1 is 0.975 bits per heavy atom. The standard InChI is InChI=1S/C25H20F6N8O/c26-24(27,28)13-38-12-15(5-7-22(38)40)19-8-16(9-21-35-23(32)37-39(19)21)17-11-34-36-18(17)3-1-2-14-4-6-20(33-10-14)25(29,30)31/h4-12H,1-3,13H2,(H2,32,37)(H,34,36). The molecule has 0 fully saturated rings. The van der Waals surface area contributed by atoms with Crippen LogP contribution < -0.4 is 11.3 Å². The Hall–Kier alpha value is -4.69. The fourth-order valence-electron chi connectivity index (χ4n) is 4.32. The van der Waals surface area contributed by atoms with Crippen LogP contribution in [0.2, 0.25) is 0 Å². The van der Waals surface area contributed by atoms with Crippen molar-refractivity contribution < 1.29 is 26.3 Å². The summed E-state index contributed by atoms with van der Waals surface area (Å²) in [6.07, 6.45) is -3.68. The van der Waals surface area contributed by atoms with E-state index in [1.807, 2.05) is 0 Å². The normalized spacial score (nSPS) is 12.3. The summed E-state index contributed by atoms with van der Waals surface area (Å²) in [5.74, 6) is -0.0559. The number of nitrogens with one attached hydrogen (secondary N) is 1. The summed E-state index contributed by atoms with van der Waals surface area (Å²) in [4.78, 5) is 19.7. The monoisotopic (exact) mass is 562 g/mol. The van der Waals surface area contributed by atoms with Gasteiger partial charge >= 0.3 is 12.4 Å². The minimum absolute atomic E-state index is 0.0559. The van der Waals surface area contributed by atoms with E-state index >= 15 is 0 Å². The lowest BCUT2D eigenvalue weighted by molar-refractivity contribution is -0.142. The van der Waals surface area contributed by atoms with Crippen molar-refractivity contribution >= 4 is 11.6 Å². The number of fused-ring (bicyclic) bond motifs is 1. The van der Waals surface area contributed by atoms with E-state index in [-0.39, 0.29) is 11.5 Å². The molecule has 5 rings (SSSR count). The van der Waals surface area contributed by atoms with E-state index in [9.17, 15) is 31.1 Å². The molecule has 5 heterocycles. The van der Waals surface area contributed by atoms with Crippen molar-refractivity contribution in [2.75, 3.05) is 5.73 Å². The summed E-state index contributed by atoms with van der Waals surface area (Å²) < 4.78 is 79.2. The molecule has 0 saturated carbocycles. The first-order valence-corrected chi connectivity index (χ1v) is 11.9. The molecular formula is C25H20F6N8O. The molecule has 9 nitrogen and oxygen atoms in total. The highest BCUT2D eigenvalue weighted by molar-refractivity contribution is 5.76. The lowest BCUT2D eigenvalue weighted by Crippen LogP contribution is -2.27. The SMILES string of the molecule is Nc1nc2cc(-c3c[nH]nc3CCCc3ccc(C(F)(F)F)nc3)cc(-c3ccc(=O)n(CC(F)(F)F)c3)n2n1. The Morgan fingerprint density at radius 2 is 1.77 bits per heavy atom. The van der Waals surface area contributed by atoms with E-state index in [1.54, 1.807) is 18.3 Å². The molecule has 0 radical (unpaired) electrons. The Labute approximate surface area is 221 Å². The maximum Gasteiger partial charge on any atom is 0.433 e. The number of anilines is 1. The molecule has 0 amide bonds. The van der Waals surface area contributed by atoms with Crippen LogP contribution in [0.15, 0.2) is 59.8 Å². The molecule has 15 heteroatoms. The number of aryl methyl sites for hydroxylation is 2. The van der Waals surface area contributed by atoms with Gasteiger partial charge in [0.2, 0.25) is 5.95 Å². The summed E-state index contributed by atoms with van der Waals surface area (Å²) in [5.41, 5.74) is 7.56. The highest BCUT2D eigenvalue weighted by Crippen LogP contribution is 2.31. The van der Waals surface area contributed by atoms with Crippen molar-refractivity contribution in [2.45, 2.75) is 38.2 Å². The molecule has 0 saturated heterocycles. The number of nitrogens with zero attached hydrogens (tertiary/aromatic N) is 6. The van der Waals surface area contributed by atoms with E-state index in [0.717, 1.165) is 18.3 Å². The minimum Gasteiger partial charge on any atom is -0.366 e. The fraction of sp³-hybridized carbons (Fsp3) is 0.240. The molecule has 3 N–H and O–H groups in total. The van der Waals surface area contributed by atoms with Gasteiger partial charge in [-0.2, -0.15) is 36.4 Å². The number of hydrogen-bond donors (Lipinski definition) is 2. The molecule has 0 aromatic carbocycles. The largest absolute Gasteiger partial charge is 0.433 e. The molecule has 0 unspecified atom stereocenters. The molecule has 0 aliphatic rings. The molecule has 40 heavy (non-hydrogen) atoms. The van der Waals surface area contributed by atoms with E-state index < -0.39 is 30.2 Å². The number of nitrogen functional groups attached to an aromatic ring is 1. The van der Waals surface area contributed by atoms with Crippen molar-refractivity contribution in [1.29, 1.82) is 0 Å². The Kier molecular flexibility index (Phi) is 6.81. The number of alkyl halides is 6. The second-order valence-electron chi connectivity index (χ2n) is 9.02. The third kappa shape index (κ3) is 5.82. The van der Waals surface area contributed by atoms with Crippen molar-refractivity contribution in [2.24, 2.45) is 0 Å². The van der Waals surface area contributed by atoms with Crippen molar-refractivity contribution in [3.05, 3.63) is 82.3 Å². The zero-order valence-corrected chi connectivity index (χ0v) is 20.5. The minimum atomic E-state index is -4.60. The van der Waals surface area contributed by atoms with Crippen LogP contribution in [-0.4, -0.2) is 40.5 Å². The lowest BCUT2D eigenvalue weighted by Gasteiger charge is -2.12. The predicted molar refractivity (Wildman–Crippen MR) is 132 cm³/mol. The van der Waals surface area contributed by atoms with Gasteiger partial charge in [0.25, 0.3) is 5.56 Å². The van der Waals surface area contributed by atoms with Crippen molar-refractivity contribution in [3.8, 4) is 22.4 Å². The molecule has 208 valence electrons. The van der Waals surface area contributed by atoms with E-state index in [1.165, 1.54) is 22.8 Å². The molecule has 5 aromatic heterocycles. The van der Waals surface area contributed by atoms with E-state index in [0.29, 0.717) is 57.6 Å². The number of aromatic amines is 1. The van der Waals surface area contributed by atoms with Gasteiger partial charge in [0, 0.05) is 35.8 Å². The third-order valence-electron chi connectivity index (χ3n) is 6.11. The number of H-pyrrole nitrogens is 1. The van der Waals surface area contributed by atoms with E-state index in [4.69, 9.17) is 5.73 Å². The quantitative estimate of drug-likeness (QED) is 0.278. The summed E-state index contributed by atoms with van der Waals surface area (Å²) in [7, 11) is 0. The average molecular weight is 562 g/mol. The number of halogens is 6. The number of aromatic nitrogens is 7. The van der Waals surface area contributed by atoms with Crippen LogP contribution in [0.1, 0.15) is 23.4 Å². The molecule has 5 aromatic rings. The van der Waals surface area contributed by atoms with Crippen LogP contribution in [0.3, 0.4) is 0 Å². The van der Waals surface area contributed by atoms with Gasteiger partial charge in [-0.1, -0.05) is 6.07 Å². The number of rotatable bonds is 7. The van der Waals surface area contributed by atoms with Crippen molar-refractivity contribution in [3.63, 3.8) is 0 Å². The van der Waals surface area contributed by atoms with Crippen LogP contribution in [0, 0.1) is 0 Å². The zero-order chi connectivity index (χ0) is 28.7. The third-order valence-corrected chi connectivity index (χ3v) is 6.11. The first kappa shape index (κ1) is 26.9. The van der Waals surface area contributed by atoms with Crippen LogP contribution in [0.5, 0.6) is 0 Å². The molecular weight excluding hydrogens is 542 g/mol. The smallest absolute Gasteiger partial charge is 0.366 e. The molecule has 0 atom stereocenters. The fourth-order valence-corrected chi connectivity index (χ4v) is 4.32. The van der Waals surface area contributed by atoms with Gasteiger partial charge in [0.05, 0.1) is 11.4 Å². The summed E-state index contributed by atoms with van der Waals surface area (Å²) in [5, 5.41) is 11.2. The lowest BCUT2D eigenvalue weighted by atomic mass is 10.0. The van der Waals surface area contributed by atoms with Crippen LogP contribution in [-0.2, 0) is 25.6 Å². The van der Waals surface area contributed by atoms with Gasteiger partial charge in [0.15, 0.2) is 5.65 Å². The van der Waals surface area contributed by atoms with Gasteiger partial charge in [-0.05, 0) is 54.7 Å². The topological polar surface area (TPSA) is 120 Å². The Bertz CT molecular complexity index is 1720. The molecule has 0 aliphatic heterocycles. The van der Waals surface area contributed by atoms with Gasteiger partial charge in [-0.3, -0.25) is 14.9 Å². The Balaban J connectivity index is 1.44. The average Bonchev–Trinajstić information content (AvgIpc) is 3.49. The second kappa shape index (κ2) is 10.1. The van der Waals surface area contributed by atoms with Gasteiger partial charge < -0.3 is 10.3 Å². The van der Waals surface area contributed by atoms with Crippen LogP contribution >= 0.6 is 0 Å². The predicted octanol–water partition coefficient (Wildman–Crippen LogP) is 4.68. The first-order valence-electron chi connectivity index (χ1n) is 11.9. The van der Waals surface area contributed by atoms with Gasteiger partial charge in [0.1, 0.15) is 12.2 Å². The molecule has 0 aliphatic carbocycles. The van der Waals surface area contributed by atoms with Crippen molar-refractivity contribution in [1.82, 2.24) is 34.3 Å². The highest BCUT2D eigenvalue weighted by atomic mass is 19.4. The van der Waals surface area contributed by atoms with Gasteiger partial charge in [-0.15, -0.1) is 5.10 Å². The van der Waals surface area contributed by atoms with Gasteiger partial charge in [-0.25, -0.2) is 4.52 Å². The number of nitrogens with two attached hydrogens (primary N) is 1. The highest BCUT2D eigenvalue weighted by Gasteiger charge is 2.32. The Morgan fingerprint density at radius 3 is 2.48 bits per heavy atom. The second-order valence-corrected chi connectivity index (χ2v) is 9.02. The summed E-state index contributed by atoms with van der Waals surface area (Å²) >= 11 is 0. The summed E-state index contributed by atoms with van der Waals surface area (Å²) in [6.45, 7) is -1.46. The summed E-state index contributed by atoms with van der Waals surface area (Å²) in [6, 6.07) is 8.11. The van der Waals surface area contributed by atoms with Crippen LogP contribution in [0.25, 0.3) is 28.0 Å².